The zero-order valence-corrected chi connectivity index (χ0v) is 15.5. The van der Waals surface area contributed by atoms with Gasteiger partial charge in [-0.3, -0.25) is 15.2 Å². The molecule has 1 atom stereocenters. The van der Waals surface area contributed by atoms with E-state index in [-0.39, 0.29) is 39.8 Å². The average Bonchev–Trinajstić information content (AvgIpc) is 3.15. The van der Waals surface area contributed by atoms with E-state index in [1.807, 2.05) is 6.07 Å². The van der Waals surface area contributed by atoms with Gasteiger partial charge in [0.2, 0.25) is 11.8 Å². The zero-order chi connectivity index (χ0) is 22.3. The van der Waals surface area contributed by atoms with Crippen LogP contribution >= 0.6 is 0 Å². The van der Waals surface area contributed by atoms with E-state index >= 15 is 0 Å². The Balaban J connectivity index is 2.00. The van der Waals surface area contributed by atoms with Crippen molar-refractivity contribution in [1.29, 1.82) is 5.26 Å². The summed E-state index contributed by atoms with van der Waals surface area (Å²) in [7, 11) is 0. The largest absolute Gasteiger partial charge is 0.420 e. The lowest BCUT2D eigenvalue weighted by molar-refractivity contribution is -0.384. The van der Waals surface area contributed by atoms with Gasteiger partial charge in [-0.1, -0.05) is 30.3 Å². The maximum Gasteiger partial charge on any atom is 0.416 e. The summed E-state index contributed by atoms with van der Waals surface area (Å²) < 4.78 is 46.6. The molecule has 0 spiro atoms. The highest BCUT2D eigenvalue weighted by atomic mass is 19.4. The Labute approximate surface area is 172 Å². The minimum Gasteiger partial charge on any atom is -0.420 e. The Morgan fingerprint density at radius 1 is 1.23 bits per heavy atom. The summed E-state index contributed by atoms with van der Waals surface area (Å²) in [6, 6.07) is 12.1. The van der Waals surface area contributed by atoms with Crippen molar-refractivity contribution in [2.75, 3.05) is 0 Å². The molecule has 0 unspecified atom stereocenters. The highest BCUT2D eigenvalue weighted by molar-refractivity contribution is 5.72. The Morgan fingerprint density at radius 2 is 1.97 bits per heavy atom. The molecule has 3 N–H and O–H groups in total. The first kappa shape index (κ1) is 20.0. The van der Waals surface area contributed by atoms with Gasteiger partial charge in [-0.25, -0.2) is 0 Å². The number of fused-ring (bicyclic) bond motifs is 1. The molecule has 0 fully saturated rings. The van der Waals surface area contributed by atoms with E-state index in [9.17, 15) is 28.5 Å². The van der Waals surface area contributed by atoms with Gasteiger partial charge in [0.1, 0.15) is 11.6 Å². The topological polar surface area (TPSA) is 131 Å². The molecule has 0 aliphatic carbocycles. The number of nitro benzene ring substituents is 1. The minimum atomic E-state index is -4.69. The highest BCUT2D eigenvalue weighted by Crippen LogP contribution is 2.48. The molecular weight excluding hydrogens is 415 g/mol. The molecule has 4 rings (SSSR count). The number of allylic oxidation sites excluding steroid dienone is 1. The summed E-state index contributed by atoms with van der Waals surface area (Å²) >= 11 is 0. The number of nitrogens with two attached hydrogens (primary N) is 1. The predicted octanol–water partition coefficient (Wildman–Crippen LogP) is 4.22. The third-order valence-corrected chi connectivity index (χ3v) is 4.86. The van der Waals surface area contributed by atoms with Crippen LogP contribution < -0.4 is 10.5 Å². The van der Waals surface area contributed by atoms with Crippen molar-refractivity contribution >= 4 is 5.69 Å². The molecule has 2 aromatic carbocycles. The number of non-ortho nitro benzene ring substituents is 1. The number of aromatic amines is 1. The van der Waals surface area contributed by atoms with Crippen LogP contribution in [-0.2, 0) is 6.18 Å². The third-order valence-electron chi connectivity index (χ3n) is 4.86. The number of hydrogen-bond acceptors (Lipinski definition) is 6. The fraction of sp³-hybridized carbons (Fsp3) is 0.100. The molecule has 1 aromatic heterocycles. The molecule has 8 nitrogen and oxygen atoms in total. The lowest BCUT2D eigenvalue weighted by Crippen LogP contribution is -2.23. The lowest BCUT2D eigenvalue weighted by Gasteiger charge is -2.26. The highest BCUT2D eigenvalue weighted by Gasteiger charge is 2.41. The van der Waals surface area contributed by atoms with Gasteiger partial charge in [0.25, 0.3) is 5.69 Å². The maximum absolute atomic E-state index is 13.7. The SMILES string of the molecule is N#CC1=C(N)Oc2n[nH]c(-c3cccc([N+](=O)[O-])c3)c2[C@H]1c1ccccc1C(F)(F)F. The van der Waals surface area contributed by atoms with Crippen molar-refractivity contribution in [3.63, 3.8) is 0 Å². The standard InChI is InChI=1S/C20H12F3N5O3/c21-20(22,23)14-7-2-1-6-12(14)15-13(9-24)18(25)31-19-16(15)17(26-27-19)10-4-3-5-11(8-10)28(29)30/h1-8,15H,25H2,(H,26,27)/t15-/m0/s1. The molecular formula is C20H12F3N5O3. The van der Waals surface area contributed by atoms with Gasteiger partial charge < -0.3 is 10.5 Å². The molecule has 2 heterocycles. The molecule has 11 heteroatoms. The maximum atomic E-state index is 13.7. The van der Waals surface area contributed by atoms with Crippen LogP contribution in [-0.4, -0.2) is 15.1 Å². The third kappa shape index (κ3) is 3.33. The van der Waals surface area contributed by atoms with E-state index in [1.165, 1.54) is 42.5 Å². The molecule has 1 aliphatic rings. The first-order valence-corrected chi connectivity index (χ1v) is 8.79. The predicted molar refractivity (Wildman–Crippen MR) is 101 cm³/mol. The number of hydrogen-bond donors (Lipinski definition) is 2. The Morgan fingerprint density at radius 3 is 2.65 bits per heavy atom. The first-order chi connectivity index (χ1) is 14.7. The fourth-order valence-electron chi connectivity index (χ4n) is 3.56. The molecule has 1 aliphatic heterocycles. The van der Waals surface area contributed by atoms with Crippen molar-refractivity contribution in [1.82, 2.24) is 10.2 Å². The van der Waals surface area contributed by atoms with Crippen LogP contribution in [0.2, 0.25) is 0 Å². The second kappa shape index (κ2) is 7.17. The van der Waals surface area contributed by atoms with Gasteiger partial charge in [-0.05, 0) is 11.6 Å². The molecule has 0 bridgehead atoms. The fourth-order valence-corrected chi connectivity index (χ4v) is 3.56. The molecule has 31 heavy (non-hydrogen) atoms. The van der Waals surface area contributed by atoms with E-state index in [0.29, 0.717) is 5.56 Å². The van der Waals surface area contributed by atoms with Gasteiger partial charge in [0.05, 0.1) is 27.7 Å². The number of benzene rings is 2. The van der Waals surface area contributed by atoms with E-state index in [1.54, 1.807) is 0 Å². The van der Waals surface area contributed by atoms with Crippen LogP contribution in [0.3, 0.4) is 0 Å². The summed E-state index contributed by atoms with van der Waals surface area (Å²) in [6.45, 7) is 0. The van der Waals surface area contributed by atoms with Gasteiger partial charge >= 0.3 is 6.18 Å². The molecule has 0 radical (unpaired) electrons. The second-order valence-corrected chi connectivity index (χ2v) is 6.63. The Kier molecular flexibility index (Phi) is 4.62. The smallest absolute Gasteiger partial charge is 0.416 e. The lowest BCUT2D eigenvalue weighted by atomic mass is 9.81. The van der Waals surface area contributed by atoms with Crippen molar-refractivity contribution in [2.24, 2.45) is 5.73 Å². The number of ether oxygens (including phenoxy) is 1. The number of aromatic nitrogens is 2. The molecule has 3 aromatic rings. The zero-order valence-electron chi connectivity index (χ0n) is 15.5. The molecule has 156 valence electrons. The first-order valence-electron chi connectivity index (χ1n) is 8.79. The summed E-state index contributed by atoms with van der Waals surface area (Å²) in [6.07, 6.45) is -4.69. The van der Waals surface area contributed by atoms with Gasteiger partial charge in [0, 0.05) is 17.7 Å². The van der Waals surface area contributed by atoms with Crippen LogP contribution in [0.15, 0.2) is 60.0 Å². The van der Waals surface area contributed by atoms with Gasteiger partial charge in [-0.15, -0.1) is 5.10 Å². The summed E-state index contributed by atoms with van der Waals surface area (Å²) in [5.41, 5.74) is 4.81. The van der Waals surface area contributed by atoms with Crippen LogP contribution in [0.5, 0.6) is 5.88 Å². The summed E-state index contributed by atoms with van der Waals surface area (Å²) in [4.78, 5) is 10.6. The Hall–Kier alpha value is -4.33. The Bertz CT molecular complexity index is 1270. The molecule has 0 amide bonds. The van der Waals surface area contributed by atoms with Crippen molar-refractivity contribution in [3.05, 3.63) is 86.8 Å². The number of H-pyrrole nitrogens is 1. The van der Waals surface area contributed by atoms with Crippen LogP contribution in [0, 0.1) is 21.4 Å². The van der Waals surface area contributed by atoms with E-state index in [4.69, 9.17) is 10.5 Å². The van der Waals surface area contributed by atoms with Gasteiger partial charge in [-0.2, -0.15) is 18.4 Å². The number of rotatable bonds is 3. The normalized spacial score (nSPS) is 15.7. The number of nitrogens with one attached hydrogen (secondary N) is 1. The summed E-state index contributed by atoms with van der Waals surface area (Å²) in [5, 5.41) is 27.4. The number of nitriles is 1. The van der Waals surface area contributed by atoms with Gasteiger partial charge in [0.15, 0.2) is 0 Å². The minimum absolute atomic E-state index is 0.111. The molecule has 0 saturated heterocycles. The van der Waals surface area contributed by atoms with E-state index in [2.05, 4.69) is 10.2 Å². The second-order valence-electron chi connectivity index (χ2n) is 6.63. The average molecular weight is 427 g/mol. The number of nitrogens with zero attached hydrogens (tertiary/aromatic N) is 3. The number of alkyl halides is 3. The monoisotopic (exact) mass is 427 g/mol. The van der Waals surface area contributed by atoms with Crippen molar-refractivity contribution in [3.8, 4) is 23.2 Å². The summed E-state index contributed by atoms with van der Waals surface area (Å²) in [5.74, 6) is -1.73. The van der Waals surface area contributed by atoms with E-state index < -0.39 is 22.6 Å². The van der Waals surface area contributed by atoms with Crippen LogP contribution in [0.1, 0.15) is 22.6 Å². The quantitative estimate of drug-likeness (QED) is 0.475. The molecule has 0 saturated carbocycles. The van der Waals surface area contributed by atoms with Crippen LogP contribution in [0.4, 0.5) is 18.9 Å². The van der Waals surface area contributed by atoms with Crippen LogP contribution in [0.25, 0.3) is 11.3 Å². The number of nitro groups is 1. The van der Waals surface area contributed by atoms with E-state index in [0.717, 1.165) is 6.07 Å². The number of halogens is 3. The van der Waals surface area contributed by atoms with Crippen molar-refractivity contribution < 1.29 is 22.8 Å². The van der Waals surface area contributed by atoms with Crippen molar-refractivity contribution in [2.45, 2.75) is 12.1 Å².